The summed E-state index contributed by atoms with van der Waals surface area (Å²) in [6.45, 7) is -0.647. The molecule has 0 bridgehead atoms. The van der Waals surface area contributed by atoms with E-state index in [9.17, 15) is 22.0 Å². The third kappa shape index (κ3) is 5.29. The first-order valence-electron chi connectivity index (χ1n) is 6.75. The Kier molecular flexibility index (Phi) is 5.87. The summed E-state index contributed by atoms with van der Waals surface area (Å²) in [7, 11) is -3.85. The highest BCUT2D eigenvalue weighted by atomic mass is 35.5. The number of nitrogens with one attached hydrogen (secondary N) is 1. The Labute approximate surface area is 153 Å². The number of nitrogens with zero attached hydrogens (tertiary/aromatic N) is 1. The lowest BCUT2D eigenvalue weighted by atomic mass is 10.3. The first-order chi connectivity index (χ1) is 11.6. The summed E-state index contributed by atoms with van der Waals surface area (Å²) in [5, 5.41) is 2.55. The topological polar surface area (TPSA) is 66.5 Å². The monoisotopic (exact) mass is 408 g/mol. The van der Waals surface area contributed by atoms with Crippen LogP contribution in [0.15, 0.2) is 36.4 Å². The van der Waals surface area contributed by atoms with E-state index in [-0.39, 0.29) is 21.4 Å². The average Bonchev–Trinajstić information content (AvgIpc) is 2.45. The Morgan fingerprint density at radius 1 is 1.12 bits per heavy atom. The number of halogens is 4. The molecule has 0 saturated heterocycles. The van der Waals surface area contributed by atoms with Gasteiger partial charge in [0.15, 0.2) is 0 Å². The Balaban J connectivity index is 2.27. The van der Waals surface area contributed by atoms with Crippen molar-refractivity contribution in [2.24, 2.45) is 0 Å². The highest BCUT2D eigenvalue weighted by Crippen LogP contribution is 2.27. The molecule has 1 N–H and O–H groups in total. The van der Waals surface area contributed by atoms with E-state index >= 15 is 0 Å². The van der Waals surface area contributed by atoms with Crippen LogP contribution in [0.2, 0.25) is 10.0 Å². The zero-order chi connectivity index (χ0) is 18.8. The minimum atomic E-state index is -3.85. The summed E-state index contributed by atoms with van der Waals surface area (Å²) >= 11 is 11.7. The fraction of sp³-hybridized carbons (Fsp3) is 0.133. The van der Waals surface area contributed by atoms with E-state index in [0.29, 0.717) is 6.07 Å². The lowest BCUT2D eigenvalue weighted by molar-refractivity contribution is -0.114. The summed E-state index contributed by atoms with van der Waals surface area (Å²) in [4.78, 5) is 12.1. The maximum Gasteiger partial charge on any atom is 0.245 e. The first kappa shape index (κ1) is 19.4. The van der Waals surface area contributed by atoms with Crippen molar-refractivity contribution < 1.29 is 22.0 Å². The molecule has 0 aliphatic carbocycles. The van der Waals surface area contributed by atoms with Gasteiger partial charge in [0, 0.05) is 16.1 Å². The molecule has 0 radical (unpaired) electrons. The van der Waals surface area contributed by atoms with Gasteiger partial charge in [0.25, 0.3) is 0 Å². The van der Waals surface area contributed by atoms with Crippen LogP contribution >= 0.6 is 23.2 Å². The van der Waals surface area contributed by atoms with Gasteiger partial charge in [-0.1, -0.05) is 23.2 Å². The molecular formula is C15H12Cl2F2N2O3S. The summed E-state index contributed by atoms with van der Waals surface area (Å²) in [5.41, 5.74) is -0.196. The second kappa shape index (κ2) is 7.55. The average molecular weight is 409 g/mol. The Morgan fingerprint density at radius 2 is 1.72 bits per heavy atom. The number of carbonyl (C=O) groups excluding carboxylic acids is 1. The van der Waals surface area contributed by atoms with Gasteiger partial charge in [-0.05, 0) is 30.3 Å². The van der Waals surface area contributed by atoms with Crippen molar-refractivity contribution in [1.29, 1.82) is 0 Å². The van der Waals surface area contributed by atoms with Crippen LogP contribution < -0.4 is 9.62 Å². The molecule has 1 amide bonds. The zero-order valence-corrected chi connectivity index (χ0v) is 15.1. The molecule has 2 aromatic rings. The van der Waals surface area contributed by atoms with E-state index in [1.165, 1.54) is 18.2 Å². The Bertz CT molecular complexity index is 903. The van der Waals surface area contributed by atoms with E-state index in [1.807, 2.05) is 0 Å². The largest absolute Gasteiger partial charge is 0.322 e. The molecule has 0 saturated carbocycles. The minimum Gasteiger partial charge on any atom is -0.322 e. The zero-order valence-electron chi connectivity index (χ0n) is 12.8. The molecule has 25 heavy (non-hydrogen) atoms. The normalized spacial score (nSPS) is 11.2. The highest BCUT2D eigenvalue weighted by Gasteiger charge is 2.22. The number of amides is 1. The lowest BCUT2D eigenvalue weighted by Gasteiger charge is -2.22. The lowest BCUT2D eigenvalue weighted by Crippen LogP contribution is -2.37. The SMILES string of the molecule is CS(=O)(=O)N(CC(=O)Nc1ccc(F)cc1F)c1cc(Cl)cc(Cl)c1. The van der Waals surface area contributed by atoms with Gasteiger partial charge < -0.3 is 5.32 Å². The van der Waals surface area contributed by atoms with Crippen LogP contribution in [-0.2, 0) is 14.8 Å². The van der Waals surface area contributed by atoms with Gasteiger partial charge in [-0.15, -0.1) is 0 Å². The van der Waals surface area contributed by atoms with Gasteiger partial charge in [-0.25, -0.2) is 17.2 Å². The van der Waals surface area contributed by atoms with E-state index in [0.717, 1.165) is 22.7 Å². The summed E-state index contributed by atoms with van der Waals surface area (Å²) in [6.07, 6.45) is 0.896. The van der Waals surface area contributed by atoms with Crippen LogP contribution in [0.4, 0.5) is 20.2 Å². The molecule has 0 heterocycles. The van der Waals surface area contributed by atoms with Crippen LogP contribution in [0.3, 0.4) is 0 Å². The molecule has 0 atom stereocenters. The van der Waals surface area contributed by atoms with Gasteiger partial charge in [0.1, 0.15) is 18.2 Å². The van der Waals surface area contributed by atoms with Crippen LogP contribution in [0, 0.1) is 11.6 Å². The third-order valence-electron chi connectivity index (χ3n) is 3.03. The quantitative estimate of drug-likeness (QED) is 0.820. The number of rotatable bonds is 5. The number of sulfonamides is 1. The molecule has 134 valence electrons. The van der Waals surface area contributed by atoms with Gasteiger partial charge in [0.05, 0.1) is 17.6 Å². The molecule has 2 rings (SSSR count). The molecule has 10 heteroatoms. The predicted molar refractivity (Wildman–Crippen MR) is 93.6 cm³/mol. The number of hydrogen-bond donors (Lipinski definition) is 1. The summed E-state index contributed by atoms with van der Waals surface area (Å²) in [5.74, 6) is -2.61. The van der Waals surface area contributed by atoms with Crippen molar-refractivity contribution in [2.75, 3.05) is 22.4 Å². The third-order valence-corrected chi connectivity index (χ3v) is 4.61. The Morgan fingerprint density at radius 3 is 2.24 bits per heavy atom. The fourth-order valence-corrected chi connectivity index (χ4v) is 3.35. The molecule has 0 unspecified atom stereocenters. The van der Waals surface area contributed by atoms with Crippen LogP contribution in [0.1, 0.15) is 0 Å². The molecule has 5 nitrogen and oxygen atoms in total. The number of benzene rings is 2. The maximum absolute atomic E-state index is 13.6. The standard InChI is InChI=1S/C15H12Cl2F2N2O3S/c1-25(23,24)21(12-5-9(16)4-10(17)6-12)8-15(22)20-14-3-2-11(18)7-13(14)19/h2-7H,8H2,1H3,(H,20,22). The molecule has 0 fully saturated rings. The van der Waals surface area contributed by atoms with Crippen molar-refractivity contribution in [3.63, 3.8) is 0 Å². The van der Waals surface area contributed by atoms with E-state index in [1.54, 1.807) is 0 Å². The number of anilines is 2. The fourth-order valence-electron chi connectivity index (χ4n) is 1.99. The van der Waals surface area contributed by atoms with Gasteiger partial charge in [-0.2, -0.15) is 0 Å². The van der Waals surface area contributed by atoms with E-state index in [4.69, 9.17) is 23.2 Å². The predicted octanol–water partition coefficient (Wildman–Crippen LogP) is 3.68. The van der Waals surface area contributed by atoms with Gasteiger partial charge in [0.2, 0.25) is 15.9 Å². The second-order valence-electron chi connectivity index (χ2n) is 5.07. The summed E-state index contributed by atoms with van der Waals surface area (Å²) < 4.78 is 51.2. The molecule has 0 spiro atoms. The molecule has 0 aliphatic rings. The van der Waals surface area contributed by atoms with Crippen molar-refractivity contribution in [3.8, 4) is 0 Å². The molecule has 0 aliphatic heterocycles. The first-order valence-corrected chi connectivity index (χ1v) is 9.35. The second-order valence-corrected chi connectivity index (χ2v) is 7.85. The van der Waals surface area contributed by atoms with Crippen molar-refractivity contribution >= 4 is 50.5 Å². The van der Waals surface area contributed by atoms with Crippen molar-refractivity contribution in [3.05, 3.63) is 58.1 Å². The van der Waals surface area contributed by atoms with Crippen LogP contribution in [-0.4, -0.2) is 27.1 Å². The van der Waals surface area contributed by atoms with Gasteiger partial charge in [-0.3, -0.25) is 9.10 Å². The maximum atomic E-state index is 13.6. The summed E-state index contributed by atoms with van der Waals surface area (Å²) in [6, 6.07) is 6.63. The van der Waals surface area contributed by atoms with Gasteiger partial charge >= 0.3 is 0 Å². The minimum absolute atomic E-state index is 0.0785. The smallest absolute Gasteiger partial charge is 0.245 e. The van der Waals surface area contributed by atoms with Crippen molar-refractivity contribution in [1.82, 2.24) is 0 Å². The molecular weight excluding hydrogens is 397 g/mol. The van der Waals surface area contributed by atoms with E-state index in [2.05, 4.69) is 5.32 Å². The van der Waals surface area contributed by atoms with E-state index < -0.39 is 34.1 Å². The van der Waals surface area contributed by atoms with Crippen molar-refractivity contribution in [2.45, 2.75) is 0 Å². The van der Waals surface area contributed by atoms with Crippen LogP contribution in [0.5, 0.6) is 0 Å². The Hall–Kier alpha value is -1.90. The number of hydrogen-bond acceptors (Lipinski definition) is 3. The highest BCUT2D eigenvalue weighted by molar-refractivity contribution is 7.92. The molecule has 2 aromatic carbocycles. The number of carbonyl (C=O) groups is 1. The van der Waals surface area contributed by atoms with Crippen LogP contribution in [0.25, 0.3) is 0 Å². The molecule has 0 aromatic heterocycles.